The number of unbranched alkanes of at least 4 members (excludes halogenated alkanes) is 15. The molecule has 1 fully saturated rings. The molecule has 1 atom stereocenters. The molecule has 0 bridgehead atoms. The first-order chi connectivity index (χ1) is 21.2. The van der Waals surface area contributed by atoms with Crippen LogP contribution in [0.2, 0.25) is 0 Å². The molecule has 1 aliphatic rings. The van der Waals surface area contributed by atoms with E-state index in [1.807, 2.05) is 0 Å². The quantitative estimate of drug-likeness (QED) is 0.0435. The van der Waals surface area contributed by atoms with E-state index in [-0.39, 0.29) is 5.97 Å². The molecule has 0 spiro atoms. The van der Waals surface area contributed by atoms with Crippen LogP contribution in [0.1, 0.15) is 200 Å². The van der Waals surface area contributed by atoms with Crippen LogP contribution in [0.4, 0.5) is 0 Å². The molecule has 1 unspecified atom stereocenters. The fourth-order valence-electron chi connectivity index (χ4n) is 6.97. The molecule has 0 aromatic heterocycles. The number of rotatable bonds is 32. The Morgan fingerprint density at radius 1 is 0.605 bits per heavy atom. The Bertz CT molecular complexity index is 593. The largest absolute Gasteiger partial charge is 0.466 e. The van der Waals surface area contributed by atoms with E-state index in [2.05, 4.69) is 18.7 Å². The Labute approximate surface area is 269 Å². The Kier molecular flexibility index (Phi) is 29.0. The van der Waals surface area contributed by atoms with Crippen molar-refractivity contribution >= 4 is 12.3 Å². The predicted octanol–water partition coefficient (Wildman–Crippen LogP) is 11.6. The van der Waals surface area contributed by atoms with Gasteiger partial charge in [-0.05, 0) is 70.0 Å². The van der Waals surface area contributed by atoms with E-state index < -0.39 is 0 Å². The van der Waals surface area contributed by atoms with Crippen LogP contribution in [0, 0.1) is 11.8 Å². The van der Waals surface area contributed by atoms with E-state index in [4.69, 9.17) is 4.74 Å². The molecule has 1 heterocycles. The molecule has 1 aliphatic heterocycles. The number of ether oxygens (including phenoxy) is 1. The summed E-state index contributed by atoms with van der Waals surface area (Å²) in [5.74, 6) is 1.66. The third kappa shape index (κ3) is 26.1. The lowest BCUT2D eigenvalue weighted by Crippen LogP contribution is -2.31. The number of hydrogen-bond donors (Lipinski definition) is 0. The predicted molar refractivity (Wildman–Crippen MR) is 186 cm³/mol. The van der Waals surface area contributed by atoms with Gasteiger partial charge in [-0.2, -0.15) is 0 Å². The zero-order valence-corrected chi connectivity index (χ0v) is 29.2. The molecular formula is C39H75NO3. The maximum atomic E-state index is 12.3. The number of carbonyl (C=O) groups is 2. The van der Waals surface area contributed by atoms with Gasteiger partial charge in [0.05, 0.1) is 6.61 Å². The minimum atomic E-state index is 0.0263. The number of esters is 1. The highest BCUT2D eigenvalue weighted by Crippen LogP contribution is 2.24. The van der Waals surface area contributed by atoms with Crippen molar-refractivity contribution in [2.75, 3.05) is 26.2 Å². The molecule has 0 aliphatic carbocycles. The van der Waals surface area contributed by atoms with Crippen molar-refractivity contribution in [2.24, 2.45) is 11.8 Å². The average Bonchev–Trinajstić information content (AvgIpc) is 3.02. The summed E-state index contributed by atoms with van der Waals surface area (Å²) < 4.78 is 5.64. The summed E-state index contributed by atoms with van der Waals surface area (Å²) in [7, 11) is 0. The zero-order valence-electron chi connectivity index (χ0n) is 29.2. The Balaban J connectivity index is 2.13. The standard InChI is InChI=1S/C39H75NO3/c1-3-5-17-25-38(26-18-6-4-2)31-36-43-39(42)29-21-14-10-9-13-20-28-37(30-34-40-32-22-16-23-33-40)27-19-12-8-7-11-15-24-35-41/h35,37-38H,3-34,36H2,1-2H3. The molecule has 0 aromatic rings. The summed E-state index contributed by atoms with van der Waals surface area (Å²) in [6.07, 6.45) is 37.4. The Morgan fingerprint density at radius 3 is 1.65 bits per heavy atom. The summed E-state index contributed by atoms with van der Waals surface area (Å²) in [5.41, 5.74) is 0. The number of carbonyl (C=O) groups excluding carboxylic acids is 2. The first-order valence-corrected chi connectivity index (χ1v) is 19.5. The number of aldehydes is 1. The molecule has 0 amide bonds. The second-order valence-electron chi connectivity index (χ2n) is 13.9. The van der Waals surface area contributed by atoms with Crippen LogP contribution in [0.5, 0.6) is 0 Å². The highest BCUT2D eigenvalue weighted by molar-refractivity contribution is 5.69. The van der Waals surface area contributed by atoms with E-state index in [0.717, 1.165) is 50.2 Å². The zero-order chi connectivity index (χ0) is 31.1. The van der Waals surface area contributed by atoms with Gasteiger partial charge in [0.25, 0.3) is 0 Å². The SMILES string of the molecule is CCCCCC(CCCCC)CCOC(=O)CCCCCCCCC(CCCCCCCCC=O)CCN1CCCCC1. The van der Waals surface area contributed by atoms with Gasteiger partial charge in [0.1, 0.15) is 6.29 Å². The second kappa shape index (κ2) is 31.1. The van der Waals surface area contributed by atoms with Crippen molar-refractivity contribution < 1.29 is 14.3 Å². The van der Waals surface area contributed by atoms with Gasteiger partial charge in [-0.1, -0.05) is 149 Å². The monoisotopic (exact) mass is 606 g/mol. The van der Waals surface area contributed by atoms with Gasteiger partial charge in [0, 0.05) is 12.8 Å². The van der Waals surface area contributed by atoms with Crippen LogP contribution in [-0.2, 0) is 14.3 Å². The van der Waals surface area contributed by atoms with E-state index in [0.29, 0.717) is 13.0 Å². The first-order valence-electron chi connectivity index (χ1n) is 19.5. The molecule has 4 heteroatoms. The lowest BCUT2D eigenvalue weighted by Gasteiger charge is -2.28. The van der Waals surface area contributed by atoms with Crippen LogP contribution >= 0.6 is 0 Å². The van der Waals surface area contributed by atoms with Crippen LogP contribution in [0.3, 0.4) is 0 Å². The van der Waals surface area contributed by atoms with Crippen molar-refractivity contribution in [1.29, 1.82) is 0 Å². The van der Waals surface area contributed by atoms with Crippen molar-refractivity contribution in [3.63, 3.8) is 0 Å². The van der Waals surface area contributed by atoms with Crippen LogP contribution in [0.25, 0.3) is 0 Å². The molecule has 254 valence electrons. The van der Waals surface area contributed by atoms with Gasteiger partial charge in [-0.25, -0.2) is 0 Å². The fourth-order valence-corrected chi connectivity index (χ4v) is 6.97. The summed E-state index contributed by atoms with van der Waals surface area (Å²) in [4.78, 5) is 25.5. The maximum Gasteiger partial charge on any atom is 0.305 e. The van der Waals surface area contributed by atoms with E-state index in [9.17, 15) is 9.59 Å². The molecule has 1 rings (SSSR count). The maximum absolute atomic E-state index is 12.3. The number of likely N-dealkylation sites (tertiary alicyclic amines) is 1. The Morgan fingerprint density at radius 2 is 1.09 bits per heavy atom. The van der Waals surface area contributed by atoms with Crippen molar-refractivity contribution in [3.8, 4) is 0 Å². The molecule has 1 saturated heterocycles. The molecule has 43 heavy (non-hydrogen) atoms. The minimum Gasteiger partial charge on any atom is -0.466 e. The van der Waals surface area contributed by atoms with Gasteiger partial charge in [0.15, 0.2) is 0 Å². The Hall–Kier alpha value is -0.900. The summed E-state index contributed by atoms with van der Waals surface area (Å²) >= 11 is 0. The molecular weight excluding hydrogens is 530 g/mol. The third-order valence-electron chi connectivity index (χ3n) is 9.95. The normalized spacial score (nSPS) is 14.8. The minimum absolute atomic E-state index is 0.0263. The van der Waals surface area contributed by atoms with Crippen molar-refractivity contribution in [1.82, 2.24) is 4.90 Å². The summed E-state index contributed by atoms with van der Waals surface area (Å²) in [6, 6.07) is 0. The molecule has 0 radical (unpaired) electrons. The molecule has 4 nitrogen and oxygen atoms in total. The third-order valence-corrected chi connectivity index (χ3v) is 9.95. The second-order valence-corrected chi connectivity index (χ2v) is 13.9. The number of nitrogens with zero attached hydrogens (tertiary/aromatic N) is 1. The van der Waals surface area contributed by atoms with E-state index in [1.54, 1.807) is 0 Å². The van der Waals surface area contributed by atoms with Crippen LogP contribution in [-0.4, -0.2) is 43.4 Å². The number of piperidine rings is 1. The van der Waals surface area contributed by atoms with Gasteiger partial charge in [-0.15, -0.1) is 0 Å². The summed E-state index contributed by atoms with van der Waals surface area (Å²) in [6.45, 7) is 9.12. The average molecular weight is 606 g/mol. The molecule has 0 saturated carbocycles. The summed E-state index contributed by atoms with van der Waals surface area (Å²) in [5, 5.41) is 0. The van der Waals surface area contributed by atoms with Crippen LogP contribution < -0.4 is 0 Å². The van der Waals surface area contributed by atoms with Crippen molar-refractivity contribution in [2.45, 2.75) is 200 Å². The van der Waals surface area contributed by atoms with Gasteiger partial charge in [-0.3, -0.25) is 4.79 Å². The smallest absolute Gasteiger partial charge is 0.305 e. The highest BCUT2D eigenvalue weighted by atomic mass is 16.5. The fraction of sp³-hybridized carbons (Fsp3) is 0.949. The van der Waals surface area contributed by atoms with E-state index >= 15 is 0 Å². The molecule has 0 N–H and O–H groups in total. The highest BCUT2D eigenvalue weighted by Gasteiger charge is 2.14. The molecule has 0 aromatic carbocycles. The lowest BCUT2D eigenvalue weighted by molar-refractivity contribution is -0.144. The first kappa shape index (κ1) is 40.1. The van der Waals surface area contributed by atoms with Crippen LogP contribution in [0.15, 0.2) is 0 Å². The van der Waals surface area contributed by atoms with Gasteiger partial charge in [0.2, 0.25) is 0 Å². The topological polar surface area (TPSA) is 46.6 Å². The van der Waals surface area contributed by atoms with Gasteiger partial charge < -0.3 is 14.4 Å². The van der Waals surface area contributed by atoms with Gasteiger partial charge >= 0.3 is 5.97 Å². The van der Waals surface area contributed by atoms with Crippen molar-refractivity contribution in [3.05, 3.63) is 0 Å². The number of hydrogen-bond acceptors (Lipinski definition) is 4. The van der Waals surface area contributed by atoms with E-state index in [1.165, 1.54) is 167 Å². The lowest BCUT2D eigenvalue weighted by atomic mass is 9.91.